The van der Waals surface area contributed by atoms with Gasteiger partial charge in [0, 0.05) is 6.42 Å². The van der Waals surface area contributed by atoms with Gasteiger partial charge in [-0.05, 0) is 19.3 Å². The molecular weight excluding hydrogens is 154 g/mol. The molecule has 4 heteroatoms. The van der Waals surface area contributed by atoms with Crippen LogP contribution in [0.2, 0.25) is 0 Å². The first-order valence-electron chi connectivity index (χ1n) is 3.66. The Balaban J connectivity index is 2.36. The lowest BCUT2D eigenvalue weighted by atomic mass is 9.96. The fraction of sp³-hybridized carbons (Fsp3) is 0.857. The Bertz CT molecular complexity index is 147. The molecule has 0 N–H and O–H groups in total. The number of hydrogen-bond donors (Lipinski definition) is 0. The zero-order valence-electron chi connectivity index (χ0n) is 6.06. The molecule has 0 aromatic rings. The smallest absolute Gasteiger partial charge is 0.312 e. The number of Topliss-reactive ketones (excluding diaryl/α,β-unsaturated/α-hetero) is 1. The molecule has 0 saturated heterocycles. The number of halogens is 2. The van der Waals surface area contributed by atoms with E-state index in [1.807, 2.05) is 0 Å². The molecule has 2 nitrogen and oxygen atoms in total. The first-order chi connectivity index (χ1) is 5.20. The zero-order chi connectivity index (χ0) is 8.27. The minimum atomic E-state index is -2.82. The van der Waals surface area contributed by atoms with Crippen LogP contribution >= 0.6 is 0 Å². The van der Waals surface area contributed by atoms with E-state index in [0.29, 0.717) is 12.8 Å². The summed E-state index contributed by atoms with van der Waals surface area (Å²) >= 11 is 0. The lowest BCUT2D eigenvalue weighted by Gasteiger charge is -2.19. The summed E-state index contributed by atoms with van der Waals surface area (Å²) in [6.07, 6.45) is 1.61. The van der Waals surface area contributed by atoms with Crippen molar-refractivity contribution in [2.45, 2.75) is 38.4 Å². The first-order valence-corrected chi connectivity index (χ1v) is 3.66. The molecule has 1 aliphatic carbocycles. The van der Waals surface area contributed by atoms with Gasteiger partial charge in [-0.25, -0.2) is 0 Å². The topological polar surface area (TPSA) is 26.3 Å². The van der Waals surface area contributed by atoms with E-state index in [-0.39, 0.29) is 5.78 Å². The summed E-state index contributed by atoms with van der Waals surface area (Å²) in [5.74, 6) is -0.184. The number of hydrogen-bond acceptors (Lipinski definition) is 2. The van der Waals surface area contributed by atoms with Crippen molar-refractivity contribution in [1.82, 2.24) is 0 Å². The lowest BCUT2D eigenvalue weighted by Crippen LogP contribution is -2.29. The third-order valence-corrected chi connectivity index (χ3v) is 1.77. The van der Waals surface area contributed by atoms with Gasteiger partial charge >= 0.3 is 6.61 Å². The van der Waals surface area contributed by atoms with Crippen LogP contribution in [0.25, 0.3) is 0 Å². The van der Waals surface area contributed by atoms with Gasteiger partial charge in [0.1, 0.15) is 6.10 Å². The summed E-state index contributed by atoms with van der Waals surface area (Å²) in [6.45, 7) is -2.82. The van der Waals surface area contributed by atoms with Crippen molar-refractivity contribution in [3.05, 3.63) is 0 Å². The molecule has 0 spiro atoms. The summed E-state index contributed by atoms with van der Waals surface area (Å²) < 4.78 is 27.4. The number of ether oxygens (including phenoxy) is 1. The van der Waals surface area contributed by atoms with Crippen LogP contribution in [0.1, 0.15) is 25.7 Å². The Morgan fingerprint density at radius 2 is 2.18 bits per heavy atom. The largest absolute Gasteiger partial charge is 0.345 e. The van der Waals surface area contributed by atoms with Gasteiger partial charge in [-0.2, -0.15) is 8.78 Å². The van der Waals surface area contributed by atoms with Gasteiger partial charge in [0.2, 0.25) is 0 Å². The van der Waals surface area contributed by atoms with Crippen LogP contribution in [-0.2, 0) is 9.53 Å². The fourth-order valence-electron chi connectivity index (χ4n) is 1.22. The minimum absolute atomic E-state index is 0.184. The van der Waals surface area contributed by atoms with Gasteiger partial charge < -0.3 is 4.74 Å². The maximum absolute atomic E-state index is 11.6. The number of ketones is 1. The molecule has 1 aliphatic rings. The molecule has 11 heavy (non-hydrogen) atoms. The second-order valence-electron chi connectivity index (χ2n) is 2.60. The Hall–Kier alpha value is -0.510. The van der Waals surface area contributed by atoms with Crippen molar-refractivity contribution >= 4 is 5.78 Å². The quantitative estimate of drug-likeness (QED) is 0.621. The molecule has 64 valence electrons. The molecule has 0 aliphatic heterocycles. The van der Waals surface area contributed by atoms with Crippen molar-refractivity contribution < 1.29 is 18.3 Å². The van der Waals surface area contributed by atoms with Crippen LogP contribution in [0.3, 0.4) is 0 Å². The predicted octanol–water partition coefficient (Wildman–Crippen LogP) is 1.74. The van der Waals surface area contributed by atoms with E-state index in [4.69, 9.17) is 0 Å². The second-order valence-corrected chi connectivity index (χ2v) is 2.60. The molecule has 1 rings (SSSR count). The third-order valence-electron chi connectivity index (χ3n) is 1.77. The summed E-state index contributed by atoms with van der Waals surface area (Å²) in [6, 6.07) is 0. The monoisotopic (exact) mass is 164 g/mol. The van der Waals surface area contributed by atoms with Gasteiger partial charge in [0.05, 0.1) is 0 Å². The van der Waals surface area contributed by atoms with E-state index in [9.17, 15) is 13.6 Å². The van der Waals surface area contributed by atoms with Crippen molar-refractivity contribution in [1.29, 1.82) is 0 Å². The highest BCUT2D eigenvalue weighted by Gasteiger charge is 2.25. The van der Waals surface area contributed by atoms with Crippen molar-refractivity contribution in [2.75, 3.05) is 0 Å². The molecular formula is C7H10F2O2. The number of carbonyl (C=O) groups excluding carboxylic acids is 1. The van der Waals surface area contributed by atoms with E-state index >= 15 is 0 Å². The highest BCUT2D eigenvalue weighted by Crippen LogP contribution is 2.19. The van der Waals surface area contributed by atoms with Crippen LogP contribution < -0.4 is 0 Å². The molecule has 0 amide bonds. The third kappa shape index (κ3) is 2.54. The van der Waals surface area contributed by atoms with Crippen molar-refractivity contribution in [3.63, 3.8) is 0 Å². The average Bonchev–Trinajstić information content (AvgIpc) is 1.93. The molecule has 0 bridgehead atoms. The summed E-state index contributed by atoms with van der Waals surface area (Å²) in [4.78, 5) is 10.9. The number of rotatable bonds is 2. The molecule has 0 heterocycles. The molecule has 1 fully saturated rings. The van der Waals surface area contributed by atoms with Crippen LogP contribution in [0, 0.1) is 0 Å². The summed E-state index contributed by atoms with van der Waals surface area (Å²) in [5.41, 5.74) is 0. The van der Waals surface area contributed by atoms with Crippen LogP contribution in [0.4, 0.5) is 8.78 Å². The van der Waals surface area contributed by atoms with Gasteiger partial charge in [0.15, 0.2) is 5.78 Å². The van der Waals surface area contributed by atoms with Gasteiger partial charge in [-0.15, -0.1) is 0 Å². The Morgan fingerprint density at radius 1 is 1.45 bits per heavy atom. The van der Waals surface area contributed by atoms with Gasteiger partial charge in [0.25, 0.3) is 0 Å². The SMILES string of the molecule is O=C1CCCCC1OC(F)F. The first kappa shape index (κ1) is 8.59. The van der Waals surface area contributed by atoms with Crippen LogP contribution in [0.5, 0.6) is 0 Å². The fourth-order valence-corrected chi connectivity index (χ4v) is 1.22. The maximum atomic E-state index is 11.6. The van der Waals surface area contributed by atoms with E-state index < -0.39 is 12.7 Å². The highest BCUT2D eigenvalue weighted by molar-refractivity contribution is 5.83. The van der Waals surface area contributed by atoms with Crippen LogP contribution in [-0.4, -0.2) is 18.5 Å². The molecule has 1 saturated carbocycles. The normalized spacial score (nSPS) is 26.1. The van der Waals surface area contributed by atoms with E-state index in [0.717, 1.165) is 12.8 Å². The Labute approximate surface area is 63.5 Å². The minimum Gasteiger partial charge on any atom is -0.312 e. The molecule has 0 radical (unpaired) electrons. The molecule has 0 aromatic heterocycles. The highest BCUT2D eigenvalue weighted by atomic mass is 19.3. The van der Waals surface area contributed by atoms with Gasteiger partial charge in [-0.1, -0.05) is 0 Å². The maximum Gasteiger partial charge on any atom is 0.345 e. The lowest BCUT2D eigenvalue weighted by molar-refractivity contribution is -0.177. The molecule has 1 unspecified atom stereocenters. The average molecular weight is 164 g/mol. The van der Waals surface area contributed by atoms with Crippen LogP contribution in [0.15, 0.2) is 0 Å². The standard InChI is InChI=1S/C7H10F2O2/c8-7(9)11-6-4-2-1-3-5(6)10/h6-7H,1-4H2. The van der Waals surface area contributed by atoms with E-state index in [2.05, 4.69) is 4.74 Å². The molecule has 0 aromatic carbocycles. The van der Waals surface area contributed by atoms with Crippen molar-refractivity contribution in [3.8, 4) is 0 Å². The number of carbonyl (C=O) groups is 1. The predicted molar refractivity (Wildman–Crippen MR) is 34.4 cm³/mol. The van der Waals surface area contributed by atoms with E-state index in [1.54, 1.807) is 0 Å². The van der Waals surface area contributed by atoms with E-state index in [1.165, 1.54) is 0 Å². The Morgan fingerprint density at radius 3 is 2.73 bits per heavy atom. The zero-order valence-corrected chi connectivity index (χ0v) is 6.06. The van der Waals surface area contributed by atoms with Gasteiger partial charge in [-0.3, -0.25) is 4.79 Å². The summed E-state index contributed by atoms with van der Waals surface area (Å²) in [7, 11) is 0. The number of alkyl halides is 2. The molecule has 1 atom stereocenters. The Kier molecular flexibility index (Phi) is 2.93. The van der Waals surface area contributed by atoms with Crippen molar-refractivity contribution in [2.24, 2.45) is 0 Å². The second kappa shape index (κ2) is 3.76. The summed E-state index contributed by atoms with van der Waals surface area (Å²) in [5, 5.41) is 0.